The molecule has 0 bridgehead atoms. The normalized spacial score (nSPS) is 13.7. The van der Waals surface area contributed by atoms with Gasteiger partial charge in [0.25, 0.3) is 0 Å². The highest BCUT2D eigenvalue weighted by molar-refractivity contribution is 4.67. The average molecular weight is 271 g/mol. The Morgan fingerprint density at radius 3 is 2.05 bits per heavy atom. The van der Waals surface area contributed by atoms with Crippen LogP contribution in [0.5, 0.6) is 0 Å². The lowest BCUT2D eigenvalue weighted by Gasteiger charge is -2.26. The van der Waals surface area contributed by atoms with Gasteiger partial charge in [0, 0.05) is 6.54 Å². The molecule has 0 rings (SSSR count). The Balaban J connectivity index is 3.99. The lowest BCUT2D eigenvalue weighted by Crippen LogP contribution is -2.30. The maximum absolute atomic E-state index is 5.72. The first kappa shape index (κ1) is 18.9. The van der Waals surface area contributed by atoms with Gasteiger partial charge in [0.05, 0.1) is 0 Å². The Hall–Kier alpha value is -0.0800. The third-order valence-corrected chi connectivity index (χ3v) is 4.65. The smallest absolute Gasteiger partial charge is 0.000934 e. The lowest BCUT2D eigenvalue weighted by molar-refractivity contribution is 0.218. The van der Waals surface area contributed by atoms with Crippen molar-refractivity contribution >= 4 is 0 Å². The largest absolute Gasteiger partial charge is 0.330 e. The first-order valence-electron chi connectivity index (χ1n) is 8.51. The fourth-order valence-corrected chi connectivity index (χ4v) is 2.89. The van der Waals surface area contributed by atoms with Crippen LogP contribution in [0.2, 0.25) is 0 Å². The van der Waals surface area contributed by atoms with Gasteiger partial charge in [-0.3, -0.25) is 0 Å². The van der Waals surface area contributed by atoms with E-state index < -0.39 is 0 Å². The summed E-state index contributed by atoms with van der Waals surface area (Å²) in [4.78, 5) is 2.64. The van der Waals surface area contributed by atoms with E-state index in [9.17, 15) is 0 Å². The first-order chi connectivity index (χ1) is 9.08. The van der Waals surface area contributed by atoms with Crippen molar-refractivity contribution in [3.63, 3.8) is 0 Å². The Kier molecular flexibility index (Phi) is 11.7. The minimum absolute atomic E-state index is 0.776. The molecule has 0 saturated heterocycles. The molecule has 19 heavy (non-hydrogen) atoms. The predicted molar refractivity (Wildman–Crippen MR) is 87.4 cm³/mol. The SMILES string of the molecule is CCC(CC)CN(CC)CCCC(CCN)C(C)C. The van der Waals surface area contributed by atoms with E-state index in [2.05, 4.69) is 39.5 Å². The molecule has 0 radical (unpaired) electrons. The Bertz CT molecular complexity index is 188. The lowest BCUT2D eigenvalue weighted by atomic mass is 9.88. The van der Waals surface area contributed by atoms with Gasteiger partial charge in [-0.2, -0.15) is 0 Å². The molecule has 2 nitrogen and oxygen atoms in total. The van der Waals surface area contributed by atoms with Crippen LogP contribution in [0.1, 0.15) is 66.7 Å². The fraction of sp³-hybridized carbons (Fsp3) is 1.00. The molecule has 0 aliphatic carbocycles. The third kappa shape index (κ3) is 8.65. The van der Waals surface area contributed by atoms with Crippen molar-refractivity contribution in [3.05, 3.63) is 0 Å². The van der Waals surface area contributed by atoms with Gasteiger partial charge in [0.15, 0.2) is 0 Å². The first-order valence-corrected chi connectivity index (χ1v) is 8.51. The fourth-order valence-electron chi connectivity index (χ4n) is 2.89. The van der Waals surface area contributed by atoms with Crippen molar-refractivity contribution in [1.29, 1.82) is 0 Å². The van der Waals surface area contributed by atoms with E-state index in [0.29, 0.717) is 0 Å². The van der Waals surface area contributed by atoms with Crippen LogP contribution in [0.15, 0.2) is 0 Å². The zero-order valence-corrected chi connectivity index (χ0v) is 14.1. The molecule has 0 aromatic heterocycles. The Morgan fingerprint density at radius 2 is 1.63 bits per heavy atom. The molecule has 0 spiro atoms. The van der Waals surface area contributed by atoms with Gasteiger partial charge in [-0.1, -0.05) is 47.5 Å². The van der Waals surface area contributed by atoms with Crippen molar-refractivity contribution in [2.45, 2.75) is 66.7 Å². The molecule has 0 fully saturated rings. The van der Waals surface area contributed by atoms with E-state index in [4.69, 9.17) is 5.73 Å². The van der Waals surface area contributed by atoms with Gasteiger partial charge >= 0.3 is 0 Å². The van der Waals surface area contributed by atoms with E-state index >= 15 is 0 Å². The Morgan fingerprint density at radius 1 is 1.00 bits per heavy atom. The molecular weight excluding hydrogens is 232 g/mol. The van der Waals surface area contributed by atoms with Crippen molar-refractivity contribution < 1.29 is 0 Å². The number of nitrogens with zero attached hydrogens (tertiary/aromatic N) is 1. The number of hydrogen-bond acceptors (Lipinski definition) is 2. The van der Waals surface area contributed by atoms with Crippen LogP contribution in [-0.2, 0) is 0 Å². The van der Waals surface area contributed by atoms with E-state index in [1.165, 1.54) is 51.7 Å². The topological polar surface area (TPSA) is 29.3 Å². The summed E-state index contributed by atoms with van der Waals surface area (Å²) in [5.74, 6) is 2.47. The van der Waals surface area contributed by atoms with Crippen molar-refractivity contribution in [1.82, 2.24) is 4.90 Å². The van der Waals surface area contributed by atoms with E-state index in [-0.39, 0.29) is 0 Å². The van der Waals surface area contributed by atoms with Crippen molar-refractivity contribution in [3.8, 4) is 0 Å². The van der Waals surface area contributed by atoms with Gasteiger partial charge in [-0.25, -0.2) is 0 Å². The molecule has 2 N–H and O–H groups in total. The third-order valence-electron chi connectivity index (χ3n) is 4.65. The zero-order valence-electron chi connectivity index (χ0n) is 14.1. The van der Waals surface area contributed by atoms with Crippen LogP contribution in [-0.4, -0.2) is 31.1 Å². The van der Waals surface area contributed by atoms with Gasteiger partial charge in [-0.05, 0) is 56.7 Å². The van der Waals surface area contributed by atoms with Crippen LogP contribution in [0, 0.1) is 17.8 Å². The molecule has 1 unspecified atom stereocenters. The highest BCUT2D eigenvalue weighted by Crippen LogP contribution is 2.21. The van der Waals surface area contributed by atoms with Gasteiger partial charge in [0.2, 0.25) is 0 Å². The predicted octanol–water partition coefficient (Wildman–Crippen LogP) is 4.15. The average Bonchev–Trinajstić information content (AvgIpc) is 2.41. The van der Waals surface area contributed by atoms with E-state index in [0.717, 1.165) is 24.3 Å². The van der Waals surface area contributed by atoms with Crippen LogP contribution in [0.25, 0.3) is 0 Å². The molecule has 1 atom stereocenters. The summed E-state index contributed by atoms with van der Waals surface area (Å²) < 4.78 is 0. The minimum Gasteiger partial charge on any atom is -0.330 e. The monoisotopic (exact) mass is 270 g/mol. The summed E-state index contributed by atoms with van der Waals surface area (Å²) in [5, 5.41) is 0. The molecule has 0 saturated carbocycles. The summed E-state index contributed by atoms with van der Waals surface area (Å²) >= 11 is 0. The molecule has 116 valence electrons. The second kappa shape index (κ2) is 11.7. The number of nitrogens with two attached hydrogens (primary N) is 1. The quantitative estimate of drug-likeness (QED) is 0.577. The molecule has 0 heterocycles. The van der Waals surface area contributed by atoms with Gasteiger partial charge in [0.1, 0.15) is 0 Å². The zero-order chi connectivity index (χ0) is 14.7. The van der Waals surface area contributed by atoms with Crippen LogP contribution in [0.4, 0.5) is 0 Å². The van der Waals surface area contributed by atoms with E-state index in [1.54, 1.807) is 0 Å². The standard InChI is InChI=1S/C17H38N2/c1-6-16(7-2)14-19(8-3)13-9-10-17(11-12-18)15(4)5/h15-17H,6-14,18H2,1-5H3. The van der Waals surface area contributed by atoms with Crippen molar-refractivity contribution in [2.75, 3.05) is 26.2 Å². The van der Waals surface area contributed by atoms with Crippen molar-refractivity contribution in [2.24, 2.45) is 23.5 Å². The molecule has 0 aromatic carbocycles. The summed E-state index contributed by atoms with van der Waals surface area (Å²) in [6.45, 7) is 16.2. The summed E-state index contributed by atoms with van der Waals surface area (Å²) in [5.41, 5.74) is 5.72. The number of rotatable bonds is 12. The summed E-state index contributed by atoms with van der Waals surface area (Å²) in [6.07, 6.45) is 6.49. The summed E-state index contributed by atoms with van der Waals surface area (Å²) in [6, 6.07) is 0. The highest BCUT2D eigenvalue weighted by atomic mass is 15.1. The molecular formula is C17H38N2. The number of hydrogen-bond donors (Lipinski definition) is 1. The molecule has 0 aromatic rings. The van der Waals surface area contributed by atoms with Crippen LogP contribution < -0.4 is 5.73 Å². The summed E-state index contributed by atoms with van der Waals surface area (Å²) in [7, 11) is 0. The molecule has 0 amide bonds. The second-order valence-corrected chi connectivity index (χ2v) is 6.30. The van der Waals surface area contributed by atoms with Crippen LogP contribution >= 0.6 is 0 Å². The maximum atomic E-state index is 5.72. The highest BCUT2D eigenvalue weighted by Gasteiger charge is 2.14. The Labute approximate surface area is 122 Å². The molecule has 0 aliphatic heterocycles. The molecule has 2 heteroatoms. The van der Waals surface area contributed by atoms with Gasteiger partial charge < -0.3 is 10.6 Å². The maximum Gasteiger partial charge on any atom is 0.000934 e. The van der Waals surface area contributed by atoms with Gasteiger partial charge in [-0.15, -0.1) is 0 Å². The minimum atomic E-state index is 0.776. The molecule has 0 aliphatic rings. The van der Waals surface area contributed by atoms with E-state index in [1.807, 2.05) is 0 Å². The van der Waals surface area contributed by atoms with Crippen LogP contribution in [0.3, 0.4) is 0 Å². The second-order valence-electron chi connectivity index (χ2n) is 6.30.